The Morgan fingerprint density at radius 2 is 2.21 bits per heavy atom. The predicted molar refractivity (Wildman–Crippen MR) is 87.8 cm³/mol. The third-order valence-corrected chi connectivity index (χ3v) is 4.29. The number of hydrogen-bond acceptors (Lipinski definition) is 4. The van der Waals surface area contributed by atoms with Gasteiger partial charge in [0.05, 0.1) is 36.6 Å². The van der Waals surface area contributed by atoms with Crippen molar-refractivity contribution in [3.63, 3.8) is 0 Å². The van der Waals surface area contributed by atoms with Crippen LogP contribution in [0.3, 0.4) is 0 Å². The number of halogens is 1. The maximum Gasteiger partial charge on any atom is 0.124 e. The van der Waals surface area contributed by atoms with Crippen LogP contribution in [0.2, 0.25) is 0 Å². The molecule has 0 aliphatic carbocycles. The lowest BCUT2D eigenvalue weighted by atomic mass is 10.1. The number of aryl methyl sites for hydroxylation is 2. The first-order chi connectivity index (χ1) is 11.5. The number of aromatic nitrogens is 2. The van der Waals surface area contributed by atoms with Crippen molar-refractivity contribution in [3.05, 3.63) is 52.6 Å². The first-order valence-electron chi connectivity index (χ1n) is 8.08. The van der Waals surface area contributed by atoms with Crippen molar-refractivity contribution < 1.29 is 9.13 Å². The highest BCUT2D eigenvalue weighted by atomic mass is 19.1. The molecule has 2 heterocycles. The number of benzene rings is 1. The van der Waals surface area contributed by atoms with Crippen molar-refractivity contribution in [2.75, 3.05) is 19.7 Å². The lowest BCUT2D eigenvalue weighted by Gasteiger charge is -2.33. The minimum absolute atomic E-state index is 0.0581. The summed E-state index contributed by atoms with van der Waals surface area (Å²) in [4.78, 5) is 2.24. The van der Waals surface area contributed by atoms with E-state index in [4.69, 9.17) is 4.74 Å². The van der Waals surface area contributed by atoms with Gasteiger partial charge < -0.3 is 4.74 Å². The lowest BCUT2D eigenvalue weighted by molar-refractivity contribution is -0.0405. The molecule has 1 aliphatic heterocycles. The highest BCUT2D eigenvalue weighted by Gasteiger charge is 2.22. The van der Waals surface area contributed by atoms with Gasteiger partial charge in [0, 0.05) is 25.3 Å². The van der Waals surface area contributed by atoms with Crippen molar-refractivity contribution >= 4 is 0 Å². The van der Waals surface area contributed by atoms with Crippen LogP contribution in [-0.4, -0.2) is 40.5 Å². The van der Waals surface area contributed by atoms with Crippen LogP contribution < -0.4 is 0 Å². The Hall–Kier alpha value is -2.23. The Morgan fingerprint density at radius 3 is 2.92 bits per heavy atom. The SMILES string of the molecule is Cc1cc(C)n(CC2CN(Cc3ccc(F)cc3C#N)CCO2)n1. The monoisotopic (exact) mass is 328 g/mol. The second-order valence-corrected chi connectivity index (χ2v) is 6.25. The lowest BCUT2D eigenvalue weighted by Crippen LogP contribution is -2.44. The summed E-state index contributed by atoms with van der Waals surface area (Å²) in [6, 6.07) is 8.52. The average molecular weight is 328 g/mol. The standard InChI is InChI=1S/C18H21FN4O/c1-13-7-14(2)23(21-13)12-18-11-22(5-6-24-18)10-15-3-4-17(19)8-16(15)9-20/h3-4,7-8,18H,5-6,10-12H2,1-2H3. The van der Waals surface area contributed by atoms with E-state index in [-0.39, 0.29) is 11.9 Å². The zero-order valence-electron chi connectivity index (χ0n) is 14.0. The topological polar surface area (TPSA) is 54.1 Å². The van der Waals surface area contributed by atoms with E-state index in [0.29, 0.717) is 25.3 Å². The molecule has 1 saturated heterocycles. The van der Waals surface area contributed by atoms with Crippen molar-refractivity contribution in [3.8, 4) is 6.07 Å². The number of nitriles is 1. The number of rotatable bonds is 4. The fraction of sp³-hybridized carbons (Fsp3) is 0.444. The van der Waals surface area contributed by atoms with E-state index in [0.717, 1.165) is 30.0 Å². The summed E-state index contributed by atoms with van der Waals surface area (Å²) in [6.07, 6.45) is 0.0581. The molecule has 0 spiro atoms. The normalized spacial score (nSPS) is 18.5. The molecular formula is C18H21FN4O. The van der Waals surface area contributed by atoms with E-state index in [1.54, 1.807) is 6.07 Å². The maximum atomic E-state index is 13.3. The average Bonchev–Trinajstić information content (AvgIpc) is 2.87. The number of hydrogen-bond donors (Lipinski definition) is 0. The van der Waals surface area contributed by atoms with Crippen molar-refractivity contribution in [1.82, 2.24) is 14.7 Å². The van der Waals surface area contributed by atoms with E-state index in [1.807, 2.05) is 18.5 Å². The van der Waals surface area contributed by atoms with E-state index in [2.05, 4.69) is 22.1 Å². The minimum Gasteiger partial charge on any atom is -0.374 e. The smallest absolute Gasteiger partial charge is 0.124 e. The molecule has 6 heteroatoms. The van der Waals surface area contributed by atoms with Crippen LogP contribution in [0.4, 0.5) is 4.39 Å². The molecule has 1 unspecified atom stereocenters. The molecule has 0 saturated carbocycles. The van der Waals surface area contributed by atoms with Crippen LogP contribution in [-0.2, 0) is 17.8 Å². The Balaban J connectivity index is 1.66. The fourth-order valence-corrected chi connectivity index (χ4v) is 3.12. The second-order valence-electron chi connectivity index (χ2n) is 6.25. The molecule has 1 aromatic heterocycles. The highest BCUT2D eigenvalue weighted by molar-refractivity contribution is 5.37. The molecule has 1 fully saturated rings. The molecule has 0 radical (unpaired) electrons. The van der Waals surface area contributed by atoms with Gasteiger partial charge in [0.25, 0.3) is 0 Å². The summed E-state index contributed by atoms with van der Waals surface area (Å²) >= 11 is 0. The molecule has 3 rings (SSSR count). The fourth-order valence-electron chi connectivity index (χ4n) is 3.12. The quantitative estimate of drug-likeness (QED) is 0.865. The zero-order chi connectivity index (χ0) is 17.1. The van der Waals surface area contributed by atoms with Crippen LogP contribution in [0, 0.1) is 31.0 Å². The van der Waals surface area contributed by atoms with Gasteiger partial charge in [-0.3, -0.25) is 9.58 Å². The van der Waals surface area contributed by atoms with Gasteiger partial charge in [-0.1, -0.05) is 6.07 Å². The van der Waals surface area contributed by atoms with Gasteiger partial charge in [0.15, 0.2) is 0 Å². The Kier molecular flexibility index (Phi) is 4.93. The van der Waals surface area contributed by atoms with Crippen molar-refractivity contribution in [2.45, 2.75) is 33.0 Å². The van der Waals surface area contributed by atoms with E-state index < -0.39 is 0 Å². The Labute approximate surface area is 141 Å². The summed E-state index contributed by atoms with van der Waals surface area (Å²) < 4.78 is 21.1. The Bertz CT molecular complexity index is 765. The van der Waals surface area contributed by atoms with Gasteiger partial charge in [-0.05, 0) is 37.6 Å². The van der Waals surface area contributed by atoms with Gasteiger partial charge in [0.2, 0.25) is 0 Å². The van der Waals surface area contributed by atoms with Gasteiger partial charge in [-0.2, -0.15) is 10.4 Å². The van der Waals surface area contributed by atoms with E-state index in [9.17, 15) is 9.65 Å². The molecule has 24 heavy (non-hydrogen) atoms. The van der Waals surface area contributed by atoms with Crippen molar-refractivity contribution in [2.24, 2.45) is 0 Å². The molecule has 1 aliphatic rings. The molecule has 0 N–H and O–H groups in total. The summed E-state index contributed by atoms with van der Waals surface area (Å²) in [5.41, 5.74) is 3.38. The maximum absolute atomic E-state index is 13.3. The summed E-state index contributed by atoms with van der Waals surface area (Å²) in [7, 11) is 0. The number of nitrogens with zero attached hydrogens (tertiary/aromatic N) is 4. The third-order valence-electron chi connectivity index (χ3n) is 4.29. The molecule has 1 atom stereocenters. The zero-order valence-corrected chi connectivity index (χ0v) is 14.0. The summed E-state index contributed by atoms with van der Waals surface area (Å²) in [5, 5.41) is 13.7. The van der Waals surface area contributed by atoms with Crippen LogP contribution >= 0.6 is 0 Å². The molecule has 1 aromatic carbocycles. The largest absolute Gasteiger partial charge is 0.374 e. The second kappa shape index (κ2) is 7.12. The third kappa shape index (κ3) is 3.81. The van der Waals surface area contributed by atoms with Gasteiger partial charge in [-0.25, -0.2) is 4.39 Å². The number of morpholine rings is 1. The predicted octanol–water partition coefficient (Wildman–Crippen LogP) is 2.41. The van der Waals surface area contributed by atoms with Gasteiger partial charge in [0.1, 0.15) is 5.82 Å². The van der Waals surface area contributed by atoms with Crippen LogP contribution in [0.15, 0.2) is 24.3 Å². The first kappa shape index (κ1) is 16.6. The molecule has 126 valence electrons. The van der Waals surface area contributed by atoms with E-state index >= 15 is 0 Å². The Morgan fingerprint density at radius 1 is 1.38 bits per heavy atom. The van der Waals surface area contributed by atoms with Crippen LogP contribution in [0.5, 0.6) is 0 Å². The minimum atomic E-state index is -0.375. The van der Waals surface area contributed by atoms with Crippen molar-refractivity contribution in [1.29, 1.82) is 5.26 Å². The van der Waals surface area contributed by atoms with E-state index in [1.165, 1.54) is 12.1 Å². The molecule has 5 nitrogen and oxygen atoms in total. The highest BCUT2D eigenvalue weighted by Crippen LogP contribution is 2.16. The van der Waals surface area contributed by atoms with Gasteiger partial charge >= 0.3 is 0 Å². The number of ether oxygens (including phenoxy) is 1. The molecular weight excluding hydrogens is 307 g/mol. The summed E-state index contributed by atoms with van der Waals surface area (Å²) in [5.74, 6) is -0.375. The first-order valence-corrected chi connectivity index (χ1v) is 8.08. The van der Waals surface area contributed by atoms with Crippen LogP contribution in [0.1, 0.15) is 22.5 Å². The molecule has 0 amide bonds. The molecule has 0 bridgehead atoms. The summed E-state index contributed by atoms with van der Waals surface area (Å²) in [6.45, 7) is 7.57. The molecule has 2 aromatic rings. The van der Waals surface area contributed by atoms with Crippen LogP contribution in [0.25, 0.3) is 0 Å². The van der Waals surface area contributed by atoms with Gasteiger partial charge in [-0.15, -0.1) is 0 Å².